The number of aliphatic hydroxyl groups is 3. The standard InChI is InChI=1S/C14H19FN4O4/c1-3-7(20)9-10(21)14(2,22)13(23-9)19-4-6(15)8-11(16)17-5-18-12(8)19/h4-5,7,9-10,13,20-22H,3H2,1-2H3,(H2,16,17,18)/t7-,9-,10-,13-,14-/m1/s1. The summed E-state index contributed by atoms with van der Waals surface area (Å²) in [5.74, 6) is -0.693. The molecular weight excluding hydrogens is 307 g/mol. The van der Waals surface area contributed by atoms with Gasteiger partial charge in [0.15, 0.2) is 17.7 Å². The van der Waals surface area contributed by atoms with E-state index in [4.69, 9.17) is 10.5 Å². The summed E-state index contributed by atoms with van der Waals surface area (Å²) >= 11 is 0. The number of rotatable bonds is 3. The molecule has 5 N–H and O–H groups in total. The molecule has 3 rings (SSSR count). The molecule has 23 heavy (non-hydrogen) atoms. The molecule has 1 aliphatic heterocycles. The number of ether oxygens (including phenoxy) is 1. The summed E-state index contributed by atoms with van der Waals surface area (Å²) in [7, 11) is 0. The Morgan fingerprint density at radius 1 is 1.52 bits per heavy atom. The average Bonchev–Trinajstić information content (AvgIpc) is 2.95. The Labute approximate surface area is 131 Å². The van der Waals surface area contributed by atoms with Crippen LogP contribution < -0.4 is 5.73 Å². The quantitative estimate of drug-likeness (QED) is 0.622. The van der Waals surface area contributed by atoms with Crippen LogP contribution in [-0.4, -0.2) is 53.8 Å². The highest BCUT2D eigenvalue weighted by Crippen LogP contribution is 2.41. The zero-order valence-corrected chi connectivity index (χ0v) is 12.7. The van der Waals surface area contributed by atoms with E-state index in [1.165, 1.54) is 17.8 Å². The third-order valence-electron chi connectivity index (χ3n) is 4.34. The van der Waals surface area contributed by atoms with Gasteiger partial charge < -0.3 is 25.8 Å². The van der Waals surface area contributed by atoms with Crippen molar-refractivity contribution in [2.75, 3.05) is 5.73 Å². The highest BCUT2D eigenvalue weighted by molar-refractivity contribution is 5.86. The normalized spacial score (nSPS) is 32.5. The Morgan fingerprint density at radius 3 is 2.87 bits per heavy atom. The number of fused-ring (bicyclic) bond motifs is 1. The van der Waals surface area contributed by atoms with E-state index >= 15 is 0 Å². The Bertz CT molecular complexity index is 735. The summed E-state index contributed by atoms with van der Waals surface area (Å²) in [6, 6.07) is 0. The number of nitrogen functional groups attached to an aromatic ring is 1. The van der Waals surface area contributed by atoms with E-state index in [-0.39, 0.29) is 16.9 Å². The molecule has 1 saturated heterocycles. The van der Waals surface area contributed by atoms with Gasteiger partial charge in [-0.15, -0.1) is 0 Å². The first kappa shape index (κ1) is 16.1. The Morgan fingerprint density at radius 2 is 2.22 bits per heavy atom. The van der Waals surface area contributed by atoms with Gasteiger partial charge in [-0.2, -0.15) is 0 Å². The number of aliphatic hydroxyl groups excluding tert-OH is 2. The molecule has 9 heteroatoms. The Balaban J connectivity index is 2.10. The summed E-state index contributed by atoms with van der Waals surface area (Å²) < 4.78 is 21.1. The van der Waals surface area contributed by atoms with Crippen molar-refractivity contribution >= 4 is 16.9 Å². The van der Waals surface area contributed by atoms with Crippen LogP contribution in [-0.2, 0) is 4.74 Å². The SMILES string of the molecule is CC[C@@H](O)[C@H]1O[C@@H](n2cc(F)c3c(N)ncnc32)[C@](C)(O)[C@@H]1O. The van der Waals surface area contributed by atoms with Crippen molar-refractivity contribution in [3.63, 3.8) is 0 Å². The van der Waals surface area contributed by atoms with Gasteiger partial charge in [0, 0.05) is 6.20 Å². The molecule has 0 unspecified atom stereocenters. The van der Waals surface area contributed by atoms with E-state index in [9.17, 15) is 19.7 Å². The molecule has 8 nitrogen and oxygen atoms in total. The lowest BCUT2D eigenvalue weighted by molar-refractivity contribution is -0.100. The second-order valence-corrected chi connectivity index (χ2v) is 5.94. The van der Waals surface area contributed by atoms with Gasteiger partial charge >= 0.3 is 0 Å². The Hall–Kier alpha value is -1.81. The second-order valence-electron chi connectivity index (χ2n) is 5.94. The molecule has 2 aromatic rings. The molecule has 0 amide bonds. The molecular formula is C14H19FN4O4. The van der Waals surface area contributed by atoms with Crippen LogP contribution in [0.25, 0.3) is 11.0 Å². The van der Waals surface area contributed by atoms with Gasteiger partial charge in [-0.05, 0) is 13.3 Å². The van der Waals surface area contributed by atoms with Crippen molar-refractivity contribution in [3.05, 3.63) is 18.3 Å². The predicted octanol–water partition coefficient (Wildman–Crippen LogP) is -0.0672. The third kappa shape index (κ3) is 2.27. The number of nitrogens with zero attached hydrogens (tertiary/aromatic N) is 3. The smallest absolute Gasteiger partial charge is 0.167 e. The lowest BCUT2D eigenvalue weighted by Crippen LogP contribution is -2.46. The van der Waals surface area contributed by atoms with Crippen LogP contribution in [0, 0.1) is 5.82 Å². The predicted molar refractivity (Wildman–Crippen MR) is 78.7 cm³/mol. The minimum atomic E-state index is -1.75. The Kier molecular flexibility index (Phi) is 3.75. The first-order valence-corrected chi connectivity index (χ1v) is 7.29. The highest BCUT2D eigenvalue weighted by atomic mass is 19.1. The maximum Gasteiger partial charge on any atom is 0.167 e. The molecule has 0 aliphatic carbocycles. The molecule has 1 aliphatic rings. The monoisotopic (exact) mass is 326 g/mol. The number of hydrogen-bond donors (Lipinski definition) is 4. The van der Waals surface area contributed by atoms with Crippen molar-refractivity contribution in [1.82, 2.24) is 14.5 Å². The highest BCUT2D eigenvalue weighted by Gasteiger charge is 2.55. The van der Waals surface area contributed by atoms with E-state index in [0.717, 1.165) is 6.20 Å². The molecule has 126 valence electrons. The van der Waals surface area contributed by atoms with E-state index in [1.54, 1.807) is 6.92 Å². The second kappa shape index (κ2) is 5.38. The minimum absolute atomic E-state index is 0.0147. The third-order valence-corrected chi connectivity index (χ3v) is 4.34. The summed E-state index contributed by atoms with van der Waals surface area (Å²) in [6.07, 6.45) is -1.85. The summed E-state index contributed by atoms with van der Waals surface area (Å²) in [5, 5.41) is 30.9. The number of anilines is 1. The van der Waals surface area contributed by atoms with E-state index in [2.05, 4.69) is 9.97 Å². The van der Waals surface area contributed by atoms with E-state index in [0.29, 0.717) is 6.42 Å². The van der Waals surface area contributed by atoms with Crippen molar-refractivity contribution < 1.29 is 24.4 Å². The lowest BCUT2D eigenvalue weighted by Gasteiger charge is -2.27. The molecule has 0 radical (unpaired) electrons. The van der Waals surface area contributed by atoms with E-state index < -0.39 is 36.0 Å². The van der Waals surface area contributed by atoms with Crippen LogP contribution in [0.15, 0.2) is 12.5 Å². The van der Waals surface area contributed by atoms with E-state index in [1.807, 2.05) is 0 Å². The van der Waals surface area contributed by atoms with Crippen LogP contribution in [0.5, 0.6) is 0 Å². The summed E-state index contributed by atoms with van der Waals surface area (Å²) in [4.78, 5) is 7.72. The number of halogens is 1. The van der Waals surface area contributed by atoms with Gasteiger partial charge in [-0.1, -0.05) is 6.92 Å². The zero-order valence-electron chi connectivity index (χ0n) is 12.7. The maximum atomic E-state index is 14.2. The first-order valence-electron chi connectivity index (χ1n) is 7.29. The molecule has 0 saturated carbocycles. The molecule has 0 aromatic carbocycles. The lowest BCUT2D eigenvalue weighted by atomic mass is 9.93. The number of hydrogen-bond acceptors (Lipinski definition) is 7. The number of aromatic nitrogens is 3. The largest absolute Gasteiger partial charge is 0.390 e. The molecule has 5 atom stereocenters. The summed E-state index contributed by atoms with van der Waals surface area (Å²) in [5.41, 5.74) is 4.05. The van der Waals surface area contributed by atoms with Crippen LogP contribution >= 0.6 is 0 Å². The van der Waals surface area contributed by atoms with Crippen molar-refractivity contribution in [1.29, 1.82) is 0 Å². The van der Waals surface area contributed by atoms with Crippen LogP contribution in [0.1, 0.15) is 26.5 Å². The fourth-order valence-electron chi connectivity index (χ4n) is 2.96. The van der Waals surface area contributed by atoms with Gasteiger partial charge in [-0.3, -0.25) is 4.57 Å². The van der Waals surface area contributed by atoms with Gasteiger partial charge in [0.1, 0.15) is 30.0 Å². The number of nitrogens with two attached hydrogens (primary N) is 1. The minimum Gasteiger partial charge on any atom is -0.390 e. The first-order chi connectivity index (χ1) is 10.8. The topological polar surface area (TPSA) is 127 Å². The van der Waals surface area contributed by atoms with Crippen molar-refractivity contribution in [3.8, 4) is 0 Å². The summed E-state index contributed by atoms with van der Waals surface area (Å²) in [6.45, 7) is 3.08. The van der Waals surface area contributed by atoms with Crippen molar-refractivity contribution in [2.45, 2.75) is 50.4 Å². The fraction of sp³-hybridized carbons (Fsp3) is 0.571. The fourth-order valence-corrected chi connectivity index (χ4v) is 2.96. The molecule has 0 spiro atoms. The van der Waals surface area contributed by atoms with Gasteiger partial charge in [0.25, 0.3) is 0 Å². The molecule has 1 fully saturated rings. The van der Waals surface area contributed by atoms with Gasteiger partial charge in [0.05, 0.1) is 11.5 Å². The zero-order chi connectivity index (χ0) is 16.9. The van der Waals surface area contributed by atoms with Gasteiger partial charge in [-0.25, -0.2) is 14.4 Å². The van der Waals surface area contributed by atoms with Crippen LogP contribution in [0.4, 0.5) is 10.2 Å². The maximum absolute atomic E-state index is 14.2. The molecule has 2 aromatic heterocycles. The average molecular weight is 326 g/mol. The van der Waals surface area contributed by atoms with Crippen LogP contribution in [0.2, 0.25) is 0 Å². The van der Waals surface area contributed by atoms with Gasteiger partial charge in [0.2, 0.25) is 0 Å². The van der Waals surface area contributed by atoms with Crippen molar-refractivity contribution in [2.24, 2.45) is 0 Å². The van der Waals surface area contributed by atoms with Crippen LogP contribution in [0.3, 0.4) is 0 Å². The molecule has 3 heterocycles. The molecule has 0 bridgehead atoms.